The van der Waals surface area contributed by atoms with Crippen molar-refractivity contribution in [3.63, 3.8) is 0 Å². The number of hydrogen-bond acceptors (Lipinski definition) is 3. The van der Waals surface area contributed by atoms with E-state index in [-0.39, 0.29) is 24.5 Å². The molecule has 1 unspecified atom stereocenters. The predicted octanol–water partition coefficient (Wildman–Crippen LogP) is 1.47. The van der Waals surface area contributed by atoms with Gasteiger partial charge in [-0.15, -0.1) is 12.4 Å². The molecule has 0 fully saturated rings. The lowest BCUT2D eigenvalue weighted by molar-refractivity contribution is 0.396. The Bertz CT molecular complexity index is 563. The molecule has 0 saturated carbocycles. The van der Waals surface area contributed by atoms with Crippen molar-refractivity contribution in [1.82, 2.24) is 14.3 Å². The third kappa shape index (κ3) is 4.40. The summed E-state index contributed by atoms with van der Waals surface area (Å²) in [6.45, 7) is 4.96. The molecule has 0 spiro atoms. The van der Waals surface area contributed by atoms with Gasteiger partial charge in [-0.05, 0) is 37.9 Å². The fourth-order valence-electron chi connectivity index (χ4n) is 2.34. The molecule has 0 aliphatic carbocycles. The van der Waals surface area contributed by atoms with Crippen molar-refractivity contribution in [2.24, 2.45) is 0 Å². The first-order valence-electron chi connectivity index (χ1n) is 6.95. The molecule has 0 aromatic heterocycles. The van der Waals surface area contributed by atoms with Crippen molar-refractivity contribution in [2.45, 2.75) is 32.4 Å². The number of nitrogens with one attached hydrogen (secondary N) is 2. The second-order valence-electron chi connectivity index (χ2n) is 5.42. The lowest BCUT2D eigenvalue weighted by Crippen LogP contribution is -2.45. The van der Waals surface area contributed by atoms with Gasteiger partial charge in [-0.3, -0.25) is 0 Å². The minimum Gasteiger partial charge on any atom is -0.308 e. The molecule has 1 aromatic rings. The van der Waals surface area contributed by atoms with Gasteiger partial charge in [0.15, 0.2) is 0 Å². The average molecular weight is 334 g/mol. The van der Waals surface area contributed by atoms with Gasteiger partial charge in [0.1, 0.15) is 0 Å². The molecule has 7 heteroatoms. The zero-order valence-electron chi connectivity index (χ0n) is 12.7. The van der Waals surface area contributed by atoms with Crippen LogP contribution in [0.4, 0.5) is 0 Å². The third-order valence-corrected chi connectivity index (χ3v) is 5.50. The van der Waals surface area contributed by atoms with Crippen molar-refractivity contribution in [2.75, 3.05) is 20.1 Å². The summed E-state index contributed by atoms with van der Waals surface area (Å²) < 4.78 is 28.3. The number of rotatable bonds is 5. The fraction of sp³-hybridized carbons (Fsp3) is 0.571. The van der Waals surface area contributed by atoms with Gasteiger partial charge in [0, 0.05) is 25.7 Å². The van der Waals surface area contributed by atoms with Gasteiger partial charge < -0.3 is 5.32 Å². The zero-order valence-corrected chi connectivity index (χ0v) is 14.3. The second-order valence-corrected chi connectivity index (χ2v) is 7.23. The summed E-state index contributed by atoms with van der Waals surface area (Å²) in [5, 5.41) is 3.37. The normalized spacial score (nSPS) is 18.4. The largest absolute Gasteiger partial charge is 0.308 e. The Hall–Kier alpha value is -0.660. The van der Waals surface area contributed by atoms with Crippen LogP contribution in [0.2, 0.25) is 0 Å². The van der Waals surface area contributed by atoms with Crippen molar-refractivity contribution < 1.29 is 8.42 Å². The maximum atomic E-state index is 12.1. The Morgan fingerprint density at radius 3 is 2.71 bits per heavy atom. The van der Waals surface area contributed by atoms with Gasteiger partial charge in [0.2, 0.25) is 0 Å². The van der Waals surface area contributed by atoms with Crippen LogP contribution >= 0.6 is 12.4 Å². The summed E-state index contributed by atoms with van der Waals surface area (Å²) in [4.78, 5) is 0. The molecule has 1 heterocycles. The van der Waals surface area contributed by atoms with E-state index < -0.39 is 10.2 Å². The highest BCUT2D eigenvalue weighted by atomic mass is 35.5. The summed E-state index contributed by atoms with van der Waals surface area (Å²) in [5.41, 5.74) is 2.49. The van der Waals surface area contributed by atoms with Gasteiger partial charge in [-0.25, -0.2) is 4.72 Å². The van der Waals surface area contributed by atoms with Crippen LogP contribution in [0.25, 0.3) is 0 Å². The first kappa shape index (κ1) is 18.4. The molecule has 0 radical (unpaired) electrons. The Labute approximate surface area is 133 Å². The minimum absolute atomic E-state index is 0. The number of benzene rings is 1. The molecule has 2 rings (SSSR count). The van der Waals surface area contributed by atoms with Crippen LogP contribution in [0.15, 0.2) is 24.3 Å². The standard InChI is InChI=1S/C14H23N3O2S.ClH/c1-11(2)17(3)20(18,19)16-10-14-13-7-5-4-6-12(13)8-9-15-14;/h4-7,11,14-16H,8-10H2,1-3H3;1H. The molecule has 0 saturated heterocycles. The van der Waals surface area contributed by atoms with Crippen molar-refractivity contribution in [3.05, 3.63) is 35.4 Å². The number of halogens is 1. The molecule has 0 bridgehead atoms. The van der Waals surface area contributed by atoms with Crippen LogP contribution < -0.4 is 10.0 Å². The second kappa shape index (κ2) is 7.56. The van der Waals surface area contributed by atoms with Crippen LogP contribution in [-0.2, 0) is 16.6 Å². The summed E-state index contributed by atoms with van der Waals surface area (Å²) >= 11 is 0. The van der Waals surface area contributed by atoms with Crippen molar-refractivity contribution >= 4 is 22.6 Å². The summed E-state index contributed by atoms with van der Waals surface area (Å²) in [6.07, 6.45) is 0.991. The van der Waals surface area contributed by atoms with Gasteiger partial charge in [-0.1, -0.05) is 24.3 Å². The maximum absolute atomic E-state index is 12.1. The Morgan fingerprint density at radius 1 is 1.38 bits per heavy atom. The minimum atomic E-state index is -3.42. The molecular formula is C14H24ClN3O2S. The zero-order chi connectivity index (χ0) is 14.8. The van der Waals surface area contributed by atoms with E-state index in [0.29, 0.717) is 6.54 Å². The molecule has 5 nitrogen and oxygen atoms in total. The molecule has 2 N–H and O–H groups in total. The Morgan fingerprint density at radius 2 is 2.05 bits per heavy atom. The summed E-state index contributed by atoms with van der Waals surface area (Å²) in [6, 6.07) is 8.17. The monoisotopic (exact) mass is 333 g/mol. The lowest BCUT2D eigenvalue weighted by atomic mass is 9.95. The first-order chi connectivity index (χ1) is 9.42. The van der Waals surface area contributed by atoms with E-state index in [4.69, 9.17) is 0 Å². The highest BCUT2D eigenvalue weighted by Crippen LogP contribution is 2.22. The van der Waals surface area contributed by atoms with Gasteiger partial charge in [0.05, 0.1) is 0 Å². The highest BCUT2D eigenvalue weighted by Gasteiger charge is 2.24. The van der Waals surface area contributed by atoms with E-state index in [1.54, 1.807) is 7.05 Å². The molecule has 1 atom stereocenters. The average Bonchev–Trinajstić information content (AvgIpc) is 2.44. The highest BCUT2D eigenvalue weighted by molar-refractivity contribution is 7.87. The lowest BCUT2D eigenvalue weighted by Gasteiger charge is -2.28. The number of nitrogens with zero attached hydrogens (tertiary/aromatic N) is 1. The van der Waals surface area contributed by atoms with Crippen LogP contribution in [0, 0.1) is 0 Å². The van der Waals surface area contributed by atoms with Gasteiger partial charge in [-0.2, -0.15) is 12.7 Å². The SMILES string of the molecule is CC(C)N(C)S(=O)(=O)NCC1NCCc2ccccc21.Cl. The van der Waals surface area contributed by atoms with Crippen molar-refractivity contribution in [3.8, 4) is 0 Å². The van der Waals surface area contributed by atoms with E-state index in [1.807, 2.05) is 26.0 Å². The molecular weight excluding hydrogens is 310 g/mol. The van der Waals surface area contributed by atoms with E-state index in [1.165, 1.54) is 15.4 Å². The van der Waals surface area contributed by atoms with Gasteiger partial charge >= 0.3 is 0 Å². The van der Waals surface area contributed by atoms with Crippen LogP contribution in [0.1, 0.15) is 31.0 Å². The number of fused-ring (bicyclic) bond motifs is 1. The van der Waals surface area contributed by atoms with Gasteiger partial charge in [0.25, 0.3) is 10.2 Å². The predicted molar refractivity (Wildman–Crippen MR) is 88.0 cm³/mol. The smallest absolute Gasteiger partial charge is 0.279 e. The summed E-state index contributed by atoms with van der Waals surface area (Å²) in [7, 11) is -1.83. The van der Waals surface area contributed by atoms with Crippen molar-refractivity contribution in [1.29, 1.82) is 0 Å². The molecule has 120 valence electrons. The Balaban J connectivity index is 0.00000220. The van der Waals surface area contributed by atoms with Crippen LogP contribution in [-0.4, -0.2) is 38.9 Å². The molecule has 0 amide bonds. The molecule has 1 aromatic carbocycles. The number of hydrogen-bond donors (Lipinski definition) is 2. The van der Waals surface area contributed by atoms with Crippen LogP contribution in [0.3, 0.4) is 0 Å². The molecule has 1 aliphatic heterocycles. The fourth-order valence-corrected chi connectivity index (χ4v) is 3.48. The maximum Gasteiger partial charge on any atom is 0.279 e. The molecule has 1 aliphatic rings. The van der Waals surface area contributed by atoms with E-state index in [0.717, 1.165) is 13.0 Å². The third-order valence-electron chi connectivity index (χ3n) is 3.79. The van der Waals surface area contributed by atoms with E-state index in [2.05, 4.69) is 22.2 Å². The molecule has 21 heavy (non-hydrogen) atoms. The quantitative estimate of drug-likeness (QED) is 0.857. The van der Waals surface area contributed by atoms with E-state index >= 15 is 0 Å². The summed E-state index contributed by atoms with van der Waals surface area (Å²) in [5.74, 6) is 0. The first-order valence-corrected chi connectivity index (χ1v) is 8.39. The van der Waals surface area contributed by atoms with Crippen LogP contribution in [0.5, 0.6) is 0 Å². The Kier molecular flexibility index (Phi) is 6.62. The topological polar surface area (TPSA) is 61.4 Å². The van der Waals surface area contributed by atoms with E-state index in [9.17, 15) is 8.42 Å².